The summed E-state index contributed by atoms with van der Waals surface area (Å²) >= 11 is 3.47. The summed E-state index contributed by atoms with van der Waals surface area (Å²) in [5, 5.41) is 1.20. The second-order valence-electron chi connectivity index (χ2n) is 4.45. The van der Waals surface area contributed by atoms with Gasteiger partial charge in [-0.05, 0) is 36.2 Å². The Bertz CT molecular complexity index is 683. The molecule has 2 heteroatoms. The average Bonchev–Trinajstić information content (AvgIpc) is 2.67. The van der Waals surface area contributed by atoms with Gasteiger partial charge in [0.15, 0.2) is 0 Å². The molecule has 0 aliphatic carbocycles. The van der Waals surface area contributed by atoms with Gasteiger partial charge in [0.25, 0.3) is 0 Å². The van der Waals surface area contributed by atoms with E-state index in [0.29, 0.717) is 0 Å². The molecule has 0 radical (unpaired) electrons. The number of benzene rings is 2. The van der Waals surface area contributed by atoms with Gasteiger partial charge in [-0.15, -0.1) is 0 Å². The summed E-state index contributed by atoms with van der Waals surface area (Å²) in [6.45, 7) is 2.12. The second kappa shape index (κ2) is 4.62. The Balaban J connectivity index is 2.05. The van der Waals surface area contributed by atoms with Crippen LogP contribution in [0.4, 0.5) is 0 Å². The molecule has 0 amide bonds. The fourth-order valence-electron chi connectivity index (χ4n) is 2.20. The summed E-state index contributed by atoms with van der Waals surface area (Å²) < 4.78 is 7.00. The lowest BCUT2D eigenvalue weighted by molar-refractivity contribution is 0.559. The number of hydrogen-bond donors (Lipinski definition) is 0. The first kappa shape index (κ1) is 11.5. The molecule has 0 saturated heterocycles. The Kier molecular flexibility index (Phi) is 2.96. The molecule has 0 N–H and O–H groups in total. The Labute approximate surface area is 115 Å². The van der Waals surface area contributed by atoms with Gasteiger partial charge in [-0.3, -0.25) is 0 Å². The van der Waals surface area contributed by atoms with Crippen molar-refractivity contribution in [3.05, 3.63) is 69.9 Å². The second-order valence-corrected chi connectivity index (χ2v) is 5.37. The van der Waals surface area contributed by atoms with E-state index in [9.17, 15) is 0 Å². The number of furan rings is 1. The highest BCUT2D eigenvalue weighted by Crippen LogP contribution is 2.29. The molecule has 0 spiro atoms. The zero-order valence-corrected chi connectivity index (χ0v) is 11.7. The average molecular weight is 301 g/mol. The van der Waals surface area contributed by atoms with Gasteiger partial charge >= 0.3 is 0 Å². The molecule has 0 saturated carbocycles. The lowest BCUT2D eigenvalue weighted by atomic mass is 10.1. The molecular weight excluding hydrogens is 288 g/mol. The SMILES string of the molecule is Cc1c(Cc2ccccc2)oc2cc(Br)ccc12. The Morgan fingerprint density at radius 2 is 1.83 bits per heavy atom. The maximum Gasteiger partial charge on any atom is 0.135 e. The van der Waals surface area contributed by atoms with E-state index >= 15 is 0 Å². The summed E-state index contributed by atoms with van der Waals surface area (Å²) in [5.74, 6) is 1.05. The van der Waals surface area contributed by atoms with E-state index in [1.165, 1.54) is 16.5 Å². The van der Waals surface area contributed by atoms with Crippen LogP contribution in [0.25, 0.3) is 11.0 Å². The van der Waals surface area contributed by atoms with Crippen molar-refractivity contribution in [2.24, 2.45) is 0 Å². The van der Waals surface area contributed by atoms with Crippen molar-refractivity contribution < 1.29 is 4.42 Å². The normalized spacial score (nSPS) is 11.0. The molecule has 90 valence electrons. The molecule has 0 fully saturated rings. The third kappa shape index (κ3) is 2.08. The van der Waals surface area contributed by atoms with Crippen LogP contribution >= 0.6 is 15.9 Å². The third-order valence-corrected chi connectivity index (χ3v) is 3.70. The van der Waals surface area contributed by atoms with Gasteiger partial charge in [0.1, 0.15) is 11.3 Å². The Morgan fingerprint density at radius 1 is 1.06 bits per heavy atom. The van der Waals surface area contributed by atoms with Gasteiger partial charge in [0, 0.05) is 16.3 Å². The predicted octanol–water partition coefficient (Wildman–Crippen LogP) is 5.09. The van der Waals surface area contributed by atoms with Crippen molar-refractivity contribution >= 4 is 26.9 Å². The van der Waals surface area contributed by atoms with Crippen molar-refractivity contribution in [3.63, 3.8) is 0 Å². The highest BCUT2D eigenvalue weighted by molar-refractivity contribution is 9.10. The van der Waals surface area contributed by atoms with Crippen LogP contribution in [0.3, 0.4) is 0 Å². The fourth-order valence-corrected chi connectivity index (χ4v) is 2.54. The minimum absolute atomic E-state index is 0.846. The molecule has 3 rings (SSSR count). The number of hydrogen-bond acceptors (Lipinski definition) is 1. The van der Waals surface area contributed by atoms with Gasteiger partial charge in [-0.2, -0.15) is 0 Å². The lowest BCUT2D eigenvalue weighted by Gasteiger charge is -1.98. The smallest absolute Gasteiger partial charge is 0.135 e. The van der Waals surface area contributed by atoms with Crippen LogP contribution in [0.15, 0.2) is 57.4 Å². The van der Waals surface area contributed by atoms with Crippen LogP contribution in [0.2, 0.25) is 0 Å². The van der Waals surface area contributed by atoms with Gasteiger partial charge in [0.05, 0.1) is 0 Å². The van der Waals surface area contributed by atoms with E-state index in [0.717, 1.165) is 22.2 Å². The Morgan fingerprint density at radius 3 is 2.61 bits per heavy atom. The van der Waals surface area contributed by atoms with Gasteiger partial charge < -0.3 is 4.42 Å². The van der Waals surface area contributed by atoms with E-state index < -0.39 is 0 Å². The molecule has 1 nitrogen and oxygen atoms in total. The molecule has 0 bridgehead atoms. The standard InChI is InChI=1S/C16H13BrO/c1-11-14-8-7-13(17)10-16(14)18-15(11)9-12-5-3-2-4-6-12/h2-8,10H,9H2,1H3. The quantitative estimate of drug-likeness (QED) is 0.642. The zero-order chi connectivity index (χ0) is 12.5. The minimum Gasteiger partial charge on any atom is -0.460 e. The maximum atomic E-state index is 5.95. The van der Waals surface area contributed by atoms with E-state index in [4.69, 9.17) is 4.42 Å². The first-order valence-electron chi connectivity index (χ1n) is 5.95. The van der Waals surface area contributed by atoms with Crippen LogP contribution in [0.5, 0.6) is 0 Å². The minimum atomic E-state index is 0.846. The highest BCUT2D eigenvalue weighted by atomic mass is 79.9. The number of halogens is 1. The predicted molar refractivity (Wildman–Crippen MR) is 77.9 cm³/mol. The largest absolute Gasteiger partial charge is 0.460 e. The number of rotatable bonds is 2. The molecule has 1 heterocycles. The first-order chi connectivity index (χ1) is 8.74. The summed E-state index contributed by atoms with van der Waals surface area (Å²) in [6.07, 6.45) is 0.846. The summed E-state index contributed by atoms with van der Waals surface area (Å²) in [4.78, 5) is 0. The topological polar surface area (TPSA) is 13.1 Å². The number of fused-ring (bicyclic) bond motifs is 1. The van der Waals surface area contributed by atoms with Crippen LogP contribution < -0.4 is 0 Å². The monoisotopic (exact) mass is 300 g/mol. The molecule has 3 aromatic rings. The van der Waals surface area contributed by atoms with Crippen molar-refractivity contribution in [1.82, 2.24) is 0 Å². The van der Waals surface area contributed by atoms with Gasteiger partial charge in [-0.25, -0.2) is 0 Å². The summed E-state index contributed by atoms with van der Waals surface area (Å²) in [5.41, 5.74) is 3.47. The molecule has 2 aromatic carbocycles. The van der Waals surface area contributed by atoms with Crippen molar-refractivity contribution in [2.45, 2.75) is 13.3 Å². The molecule has 0 aliphatic rings. The summed E-state index contributed by atoms with van der Waals surface area (Å²) in [7, 11) is 0. The molecule has 1 aromatic heterocycles. The van der Waals surface area contributed by atoms with Gasteiger partial charge in [-0.1, -0.05) is 46.3 Å². The first-order valence-corrected chi connectivity index (χ1v) is 6.75. The van der Waals surface area contributed by atoms with E-state index in [1.807, 2.05) is 12.1 Å². The van der Waals surface area contributed by atoms with E-state index in [1.54, 1.807) is 0 Å². The lowest BCUT2D eigenvalue weighted by Crippen LogP contribution is -1.87. The fraction of sp³-hybridized carbons (Fsp3) is 0.125. The van der Waals surface area contributed by atoms with Crippen molar-refractivity contribution in [2.75, 3.05) is 0 Å². The van der Waals surface area contributed by atoms with Crippen molar-refractivity contribution in [1.29, 1.82) is 0 Å². The number of aryl methyl sites for hydroxylation is 1. The zero-order valence-electron chi connectivity index (χ0n) is 10.1. The van der Waals surface area contributed by atoms with Gasteiger partial charge in [0.2, 0.25) is 0 Å². The van der Waals surface area contributed by atoms with Crippen LogP contribution in [0.1, 0.15) is 16.9 Å². The molecule has 0 atom stereocenters. The molecular formula is C16H13BrO. The van der Waals surface area contributed by atoms with Crippen LogP contribution in [-0.4, -0.2) is 0 Å². The van der Waals surface area contributed by atoms with Crippen molar-refractivity contribution in [3.8, 4) is 0 Å². The highest BCUT2D eigenvalue weighted by Gasteiger charge is 2.10. The maximum absolute atomic E-state index is 5.95. The van der Waals surface area contributed by atoms with Crippen LogP contribution in [-0.2, 0) is 6.42 Å². The van der Waals surface area contributed by atoms with E-state index in [-0.39, 0.29) is 0 Å². The van der Waals surface area contributed by atoms with Crippen LogP contribution in [0, 0.1) is 6.92 Å². The molecule has 18 heavy (non-hydrogen) atoms. The molecule has 0 aliphatic heterocycles. The Hall–Kier alpha value is -1.54. The third-order valence-electron chi connectivity index (χ3n) is 3.21. The summed E-state index contributed by atoms with van der Waals surface area (Å²) in [6, 6.07) is 16.6. The van der Waals surface area contributed by atoms with E-state index in [2.05, 4.69) is 59.3 Å². The molecule has 0 unspecified atom stereocenters.